The maximum atomic E-state index is 6.35. The van der Waals surface area contributed by atoms with Crippen molar-refractivity contribution in [2.24, 2.45) is 0 Å². The minimum atomic E-state index is 0.449. The molecule has 0 radical (unpaired) electrons. The van der Waals surface area contributed by atoms with Crippen molar-refractivity contribution in [2.45, 2.75) is 59.8 Å². The van der Waals surface area contributed by atoms with Crippen LogP contribution in [0.1, 0.15) is 72.9 Å². The van der Waals surface area contributed by atoms with Gasteiger partial charge in [0.05, 0.1) is 0 Å². The first-order valence-electron chi connectivity index (χ1n) is 8.49. The summed E-state index contributed by atoms with van der Waals surface area (Å²) in [6, 6.07) is 8.77. The van der Waals surface area contributed by atoms with E-state index >= 15 is 0 Å². The first-order valence-corrected chi connectivity index (χ1v) is 8.49. The largest absolute Gasteiger partial charge is 0.398 e. The molecule has 0 bridgehead atoms. The van der Waals surface area contributed by atoms with E-state index in [0.717, 1.165) is 17.8 Å². The van der Waals surface area contributed by atoms with Gasteiger partial charge in [0, 0.05) is 11.4 Å². The van der Waals surface area contributed by atoms with Gasteiger partial charge in [0.15, 0.2) is 0 Å². The highest BCUT2D eigenvalue weighted by atomic mass is 14.6. The van der Waals surface area contributed by atoms with Crippen LogP contribution in [0.2, 0.25) is 0 Å². The van der Waals surface area contributed by atoms with Crippen LogP contribution in [0.25, 0.3) is 0 Å². The molecule has 0 unspecified atom stereocenters. The Bertz CT molecular complexity index is 651. The van der Waals surface area contributed by atoms with Gasteiger partial charge in [0.1, 0.15) is 0 Å². The molecule has 2 aromatic rings. The molecular weight excluding hydrogens is 280 g/mol. The molecule has 0 fully saturated rings. The molecule has 0 saturated heterocycles. The van der Waals surface area contributed by atoms with Crippen LogP contribution in [0.4, 0.5) is 11.4 Å². The fourth-order valence-corrected chi connectivity index (χ4v) is 3.18. The predicted octanol–water partition coefficient (Wildman–Crippen LogP) is 5.31. The van der Waals surface area contributed by atoms with Gasteiger partial charge in [0.2, 0.25) is 0 Å². The van der Waals surface area contributed by atoms with E-state index < -0.39 is 0 Å². The molecule has 0 saturated carbocycles. The minimum Gasteiger partial charge on any atom is -0.398 e. The molecule has 2 aromatic carbocycles. The molecule has 2 heteroatoms. The number of hydrogen-bond donors (Lipinski definition) is 2. The summed E-state index contributed by atoms with van der Waals surface area (Å²) in [6.45, 7) is 13.0. The van der Waals surface area contributed by atoms with Crippen LogP contribution >= 0.6 is 0 Å². The first-order chi connectivity index (χ1) is 10.7. The number of nitrogen functional groups attached to an aromatic ring is 2. The Labute approximate surface area is 140 Å². The second kappa shape index (κ2) is 6.66. The molecule has 0 aliphatic heterocycles. The molecule has 0 aromatic heterocycles. The zero-order valence-electron chi connectivity index (χ0n) is 15.3. The third-order valence-electron chi connectivity index (χ3n) is 4.95. The summed E-state index contributed by atoms with van der Waals surface area (Å²) in [6.07, 6.45) is 0.878. The second-order valence-electron chi connectivity index (χ2n) is 7.19. The standard InChI is InChI=1S/C21H30N2/c1-12(2)18-9-7-16(14(5)20(18)22)11-17-8-10-19(13(3)4)21(23)15(17)6/h7-10,12-13H,11,22-23H2,1-6H3. The average Bonchev–Trinajstić information content (AvgIpc) is 2.48. The molecule has 0 amide bonds. The molecule has 23 heavy (non-hydrogen) atoms. The number of rotatable bonds is 4. The Hall–Kier alpha value is -1.96. The normalized spacial score (nSPS) is 11.5. The Morgan fingerprint density at radius 3 is 1.35 bits per heavy atom. The van der Waals surface area contributed by atoms with E-state index in [4.69, 9.17) is 11.5 Å². The van der Waals surface area contributed by atoms with E-state index in [-0.39, 0.29) is 0 Å². The van der Waals surface area contributed by atoms with Crippen molar-refractivity contribution in [1.29, 1.82) is 0 Å². The molecule has 0 aliphatic carbocycles. The molecule has 0 aliphatic rings. The molecule has 4 N–H and O–H groups in total. The third-order valence-corrected chi connectivity index (χ3v) is 4.95. The summed E-state index contributed by atoms with van der Waals surface area (Å²) in [5.74, 6) is 0.899. The SMILES string of the molecule is Cc1c(Cc2ccc(C(C)C)c(N)c2C)ccc(C(C)C)c1N. The van der Waals surface area contributed by atoms with Crippen molar-refractivity contribution in [3.05, 3.63) is 57.6 Å². The number of hydrogen-bond acceptors (Lipinski definition) is 2. The lowest BCUT2D eigenvalue weighted by atomic mass is 9.89. The van der Waals surface area contributed by atoms with Crippen molar-refractivity contribution in [3.63, 3.8) is 0 Å². The second-order valence-corrected chi connectivity index (χ2v) is 7.19. The zero-order chi connectivity index (χ0) is 17.3. The van der Waals surface area contributed by atoms with Crippen LogP contribution < -0.4 is 11.5 Å². The number of anilines is 2. The van der Waals surface area contributed by atoms with Gasteiger partial charge in [-0.1, -0.05) is 52.0 Å². The van der Waals surface area contributed by atoms with Crippen LogP contribution in [-0.2, 0) is 6.42 Å². The molecule has 2 nitrogen and oxygen atoms in total. The fourth-order valence-electron chi connectivity index (χ4n) is 3.18. The summed E-state index contributed by atoms with van der Waals surface area (Å²) in [5, 5.41) is 0. The topological polar surface area (TPSA) is 52.0 Å². The highest BCUT2D eigenvalue weighted by Crippen LogP contribution is 2.31. The Kier molecular flexibility index (Phi) is 5.03. The van der Waals surface area contributed by atoms with E-state index in [1.165, 1.54) is 33.4 Å². The van der Waals surface area contributed by atoms with E-state index in [1.54, 1.807) is 0 Å². The van der Waals surface area contributed by atoms with Crippen molar-refractivity contribution >= 4 is 11.4 Å². The Morgan fingerprint density at radius 2 is 1.04 bits per heavy atom. The van der Waals surface area contributed by atoms with E-state index in [0.29, 0.717) is 11.8 Å². The van der Waals surface area contributed by atoms with Gasteiger partial charge in [-0.25, -0.2) is 0 Å². The molecule has 2 rings (SSSR count). The lowest BCUT2D eigenvalue weighted by Gasteiger charge is -2.18. The van der Waals surface area contributed by atoms with Crippen LogP contribution in [-0.4, -0.2) is 0 Å². The highest BCUT2D eigenvalue weighted by molar-refractivity contribution is 5.61. The summed E-state index contributed by atoms with van der Waals surface area (Å²) in [7, 11) is 0. The van der Waals surface area contributed by atoms with Gasteiger partial charge in [0.25, 0.3) is 0 Å². The van der Waals surface area contributed by atoms with Crippen molar-refractivity contribution < 1.29 is 0 Å². The van der Waals surface area contributed by atoms with Crippen LogP contribution in [0.15, 0.2) is 24.3 Å². The number of benzene rings is 2. The van der Waals surface area contributed by atoms with Crippen LogP contribution in [0.5, 0.6) is 0 Å². The van der Waals surface area contributed by atoms with Gasteiger partial charge in [-0.05, 0) is 65.5 Å². The third kappa shape index (κ3) is 3.36. The summed E-state index contributed by atoms with van der Waals surface area (Å²) < 4.78 is 0. The van der Waals surface area contributed by atoms with Gasteiger partial charge >= 0.3 is 0 Å². The van der Waals surface area contributed by atoms with Gasteiger partial charge in [-0.15, -0.1) is 0 Å². The molecule has 0 spiro atoms. The van der Waals surface area contributed by atoms with Crippen LogP contribution in [0, 0.1) is 13.8 Å². The molecule has 0 heterocycles. The van der Waals surface area contributed by atoms with Crippen molar-refractivity contribution in [3.8, 4) is 0 Å². The van der Waals surface area contributed by atoms with E-state index in [2.05, 4.69) is 65.8 Å². The summed E-state index contributed by atoms with van der Waals surface area (Å²) >= 11 is 0. The maximum absolute atomic E-state index is 6.35. The summed E-state index contributed by atoms with van der Waals surface area (Å²) in [5.41, 5.74) is 22.0. The Balaban J connectivity index is 2.41. The lowest BCUT2D eigenvalue weighted by Crippen LogP contribution is -2.06. The van der Waals surface area contributed by atoms with Crippen LogP contribution in [0.3, 0.4) is 0 Å². The quantitative estimate of drug-likeness (QED) is 0.752. The number of nitrogens with two attached hydrogens (primary N) is 2. The smallest absolute Gasteiger partial charge is 0.0381 e. The molecule has 0 atom stereocenters. The Morgan fingerprint density at radius 1 is 0.696 bits per heavy atom. The van der Waals surface area contributed by atoms with Crippen molar-refractivity contribution in [2.75, 3.05) is 11.5 Å². The van der Waals surface area contributed by atoms with E-state index in [1.807, 2.05) is 0 Å². The van der Waals surface area contributed by atoms with Gasteiger partial charge < -0.3 is 11.5 Å². The van der Waals surface area contributed by atoms with Gasteiger partial charge in [-0.3, -0.25) is 0 Å². The highest BCUT2D eigenvalue weighted by Gasteiger charge is 2.13. The van der Waals surface area contributed by atoms with E-state index in [9.17, 15) is 0 Å². The fraction of sp³-hybridized carbons (Fsp3) is 0.429. The monoisotopic (exact) mass is 310 g/mol. The van der Waals surface area contributed by atoms with Gasteiger partial charge in [-0.2, -0.15) is 0 Å². The predicted molar refractivity (Wildman–Crippen MR) is 102 cm³/mol. The molecule has 124 valence electrons. The van der Waals surface area contributed by atoms with Crippen molar-refractivity contribution in [1.82, 2.24) is 0 Å². The zero-order valence-corrected chi connectivity index (χ0v) is 15.3. The maximum Gasteiger partial charge on any atom is 0.0381 e. The summed E-state index contributed by atoms with van der Waals surface area (Å²) in [4.78, 5) is 0. The molecular formula is C21H30N2. The average molecular weight is 310 g/mol. The lowest BCUT2D eigenvalue weighted by molar-refractivity contribution is 0.864. The minimum absolute atomic E-state index is 0.449. The first kappa shape index (κ1) is 17.4.